The molecule has 1 aliphatic heterocycles. The van der Waals surface area contributed by atoms with Gasteiger partial charge in [0, 0.05) is 47.7 Å². The number of aromatic nitrogens is 2. The molecule has 1 aliphatic rings. The molecular formula is C24H25N3O. The summed E-state index contributed by atoms with van der Waals surface area (Å²) < 4.78 is 1.66. The highest BCUT2D eigenvalue weighted by molar-refractivity contribution is 6.05. The molecule has 4 nitrogen and oxygen atoms in total. The van der Waals surface area contributed by atoms with Crippen molar-refractivity contribution in [3.05, 3.63) is 77.9 Å². The molecule has 0 saturated heterocycles. The Morgan fingerprint density at radius 3 is 2.64 bits per heavy atom. The largest absolute Gasteiger partial charge is 0.371 e. The quantitative estimate of drug-likeness (QED) is 0.600. The number of hydrogen-bond acceptors (Lipinski definition) is 3. The van der Waals surface area contributed by atoms with E-state index < -0.39 is 0 Å². The first kappa shape index (κ1) is 18.2. The number of rotatable bonds is 3. The van der Waals surface area contributed by atoms with Gasteiger partial charge in [0.2, 0.25) is 0 Å². The molecule has 3 aromatic rings. The third kappa shape index (κ3) is 2.95. The van der Waals surface area contributed by atoms with Gasteiger partial charge in [-0.15, -0.1) is 0 Å². The fourth-order valence-electron chi connectivity index (χ4n) is 4.01. The van der Waals surface area contributed by atoms with E-state index in [0.717, 1.165) is 52.8 Å². The van der Waals surface area contributed by atoms with E-state index in [-0.39, 0.29) is 5.91 Å². The summed E-state index contributed by atoms with van der Waals surface area (Å²) in [5.74, 6) is -0.0950. The van der Waals surface area contributed by atoms with Crippen molar-refractivity contribution < 1.29 is 4.79 Å². The number of fused-ring (bicyclic) bond motifs is 2. The number of carbonyl (C=O) groups excluding carboxylic acids is 1. The lowest BCUT2D eigenvalue weighted by Gasteiger charge is -2.31. The molecule has 28 heavy (non-hydrogen) atoms. The van der Waals surface area contributed by atoms with Crippen molar-refractivity contribution in [2.75, 3.05) is 6.54 Å². The molecule has 1 aromatic carbocycles. The van der Waals surface area contributed by atoms with Crippen LogP contribution in [-0.2, 0) is 13.0 Å². The molecule has 4 heteroatoms. The van der Waals surface area contributed by atoms with Crippen molar-refractivity contribution in [2.45, 2.75) is 33.7 Å². The summed E-state index contributed by atoms with van der Waals surface area (Å²) in [4.78, 5) is 19.3. The van der Waals surface area contributed by atoms with Gasteiger partial charge in [0.25, 0.3) is 5.91 Å². The lowest BCUT2D eigenvalue weighted by atomic mass is 9.93. The minimum absolute atomic E-state index is 0.0950. The molecule has 0 radical (unpaired) electrons. The molecule has 0 aliphatic carbocycles. The van der Waals surface area contributed by atoms with E-state index in [4.69, 9.17) is 0 Å². The topological polar surface area (TPSA) is 38.1 Å². The Morgan fingerprint density at radius 2 is 1.93 bits per heavy atom. The van der Waals surface area contributed by atoms with Gasteiger partial charge in [0.15, 0.2) is 0 Å². The first-order chi connectivity index (χ1) is 13.4. The van der Waals surface area contributed by atoms with Crippen LogP contribution >= 0.6 is 0 Å². The van der Waals surface area contributed by atoms with Gasteiger partial charge in [0.05, 0.1) is 11.7 Å². The molecule has 4 rings (SSSR count). The van der Waals surface area contributed by atoms with Crippen molar-refractivity contribution in [2.24, 2.45) is 0 Å². The van der Waals surface area contributed by atoms with E-state index in [2.05, 4.69) is 48.2 Å². The van der Waals surface area contributed by atoms with E-state index in [9.17, 15) is 4.79 Å². The van der Waals surface area contributed by atoms with Crippen LogP contribution in [0.15, 0.2) is 61.2 Å². The highest BCUT2D eigenvalue weighted by Crippen LogP contribution is 2.34. The SMILES string of the molecule is C=C(C)C(=O)n1cc(C)c2c(-c3ccc4c(c3)CCN(C(=C)C)C4)cncc21. The summed E-state index contributed by atoms with van der Waals surface area (Å²) in [5, 5.41) is 1.07. The zero-order valence-corrected chi connectivity index (χ0v) is 16.7. The van der Waals surface area contributed by atoms with Gasteiger partial charge in [-0.25, -0.2) is 0 Å². The fourth-order valence-corrected chi connectivity index (χ4v) is 4.01. The van der Waals surface area contributed by atoms with Crippen LogP contribution in [0.1, 0.15) is 35.3 Å². The molecule has 0 amide bonds. The number of hydrogen-bond donors (Lipinski definition) is 0. The highest BCUT2D eigenvalue weighted by Gasteiger charge is 2.19. The zero-order valence-electron chi connectivity index (χ0n) is 16.7. The second-order valence-electron chi connectivity index (χ2n) is 7.74. The number of allylic oxidation sites excluding steroid dienone is 2. The van der Waals surface area contributed by atoms with Crippen molar-refractivity contribution in [1.82, 2.24) is 14.5 Å². The number of benzene rings is 1. The van der Waals surface area contributed by atoms with Crippen LogP contribution in [0.5, 0.6) is 0 Å². The minimum Gasteiger partial charge on any atom is -0.371 e. The second-order valence-corrected chi connectivity index (χ2v) is 7.74. The van der Waals surface area contributed by atoms with Gasteiger partial charge in [-0.05, 0) is 49.4 Å². The number of aryl methyl sites for hydroxylation is 1. The maximum atomic E-state index is 12.5. The van der Waals surface area contributed by atoms with Gasteiger partial charge >= 0.3 is 0 Å². The highest BCUT2D eigenvalue weighted by atomic mass is 16.2. The molecule has 0 spiro atoms. The molecule has 0 N–H and O–H groups in total. The standard InChI is InChI=1S/C24H25N3O/c1-15(2)24(28)27-13-17(5)23-21(11-25-12-22(23)27)19-6-7-20-14-26(16(3)4)9-8-18(20)10-19/h6-7,10-13H,1,3,8-9,14H2,2,4-5H3. The van der Waals surface area contributed by atoms with E-state index in [1.54, 1.807) is 17.7 Å². The first-order valence-electron chi connectivity index (χ1n) is 9.55. The maximum absolute atomic E-state index is 12.5. The van der Waals surface area contributed by atoms with Crippen molar-refractivity contribution in [1.29, 1.82) is 0 Å². The molecule has 142 valence electrons. The van der Waals surface area contributed by atoms with Gasteiger partial charge in [-0.1, -0.05) is 31.4 Å². The fraction of sp³-hybridized carbons (Fsp3) is 0.250. The number of nitrogens with zero attached hydrogens (tertiary/aromatic N) is 3. The van der Waals surface area contributed by atoms with Gasteiger partial charge < -0.3 is 4.90 Å². The van der Waals surface area contributed by atoms with Crippen LogP contribution in [0.2, 0.25) is 0 Å². The van der Waals surface area contributed by atoms with Crippen LogP contribution in [0.25, 0.3) is 22.0 Å². The molecule has 0 bridgehead atoms. The summed E-state index contributed by atoms with van der Waals surface area (Å²) in [6, 6.07) is 6.65. The van der Waals surface area contributed by atoms with Crippen molar-refractivity contribution in [3.8, 4) is 11.1 Å². The normalized spacial score (nSPS) is 13.5. The van der Waals surface area contributed by atoms with Crippen molar-refractivity contribution in [3.63, 3.8) is 0 Å². The predicted octanol–water partition coefficient (Wildman–Crippen LogP) is 5.12. The van der Waals surface area contributed by atoms with Gasteiger partial charge in [-0.2, -0.15) is 0 Å². The van der Waals surface area contributed by atoms with E-state index >= 15 is 0 Å². The minimum atomic E-state index is -0.0950. The molecule has 0 saturated carbocycles. The third-order valence-electron chi connectivity index (χ3n) is 5.56. The predicted molar refractivity (Wildman–Crippen MR) is 114 cm³/mol. The molecule has 3 heterocycles. The maximum Gasteiger partial charge on any atom is 0.257 e. The average molecular weight is 371 g/mol. The van der Waals surface area contributed by atoms with Crippen LogP contribution in [0.3, 0.4) is 0 Å². The monoisotopic (exact) mass is 371 g/mol. The van der Waals surface area contributed by atoms with Crippen LogP contribution in [0, 0.1) is 6.92 Å². The van der Waals surface area contributed by atoms with Crippen molar-refractivity contribution >= 4 is 16.8 Å². The van der Waals surface area contributed by atoms with E-state index in [0.29, 0.717) is 5.57 Å². The first-order valence-corrected chi connectivity index (χ1v) is 9.55. The summed E-state index contributed by atoms with van der Waals surface area (Å²) in [5.41, 5.74) is 8.45. The molecule has 0 unspecified atom stereocenters. The summed E-state index contributed by atoms with van der Waals surface area (Å²) in [6.45, 7) is 15.6. The van der Waals surface area contributed by atoms with Crippen LogP contribution in [0.4, 0.5) is 0 Å². The lowest BCUT2D eigenvalue weighted by Crippen LogP contribution is -2.28. The Hall–Kier alpha value is -3.14. The van der Waals surface area contributed by atoms with Crippen LogP contribution in [-0.4, -0.2) is 26.9 Å². The van der Waals surface area contributed by atoms with Gasteiger partial charge in [-0.3, -0.25) is 14.3 Å². The molecule has 0 fully saturated rings. The Bertz CT molecular complexity index is 1140. The Labute approximate surface area is 165 Å². The van der Waals surface area contributed by atoms with E-state index in [1.807, 2.05) is 19.3 Å². The molecular weight excluding hydrogens is 346 g/mol. The van der Waals surface area contributed by atoms with E-state index in [1.165, 1.54) is 11.1 Å². The molecule has 0 atom stereocenters. The zero-order chi connectivity index (χ0) is 20.0. The molecule has 2 aromatic heterocycles. The average Bonchev–Trinajstić information content (AvgIpc) is 3.03. The van der Waals surface area contributed by atoms with Gasteiger partial charge in [0.1, 0.15) is 0 Å². The Morgan fingerprint density at radius 1 is 1.14 bits per heavy atom. The van der Waals surface area contributed by atoms with Crippen LogP contribution < -0.4 is 0 Å². The smallest absolute Gasteiger partial charge is 0.257 e. The summed E-state index contributed by atoms with van der Waals surface area (Å²) in [6.07, 6.45) is 6.55. The summed E-state index contributed by atoms with van der Waals surface area (Å²) in [7, 11) is 0. The number of carbonyl (C=O) groups is 1. The number of pyridine rings is 1. The Balaban J connectivity index is 1.82. The summed E-state index contributed by atoms with van der Waals surface area (Å²) >= 11 is 0. The third-order valence-corrected chi connectivity index (χ3v) is 5.56. The lowest BCUT2D eigenvalue weighted by molar-refractivity contribution is 0.0960. The Kier molecular flexibility index (Phi) is 4.42. The second kappa shape index (κ2) is 6.79.